The van der Waals surface area contributed by atoms with Crippen molar-refractivity contribution in [2.75, 3.05) is 18.1 Å². The van der Waals surface area contributed by atoms with Crippen molar-refractivity contribution < 1.29 is 18.8 Å². The Bertz CT molecular complexity index is 576. The number of amides is 1. The molecule has 1 heterocycles. The van der Waals surface area contributed by atoms with Crippen LogP contribution in [0.3, 0.4) is 0 Å². The normalized spacial score (nSPS) is 14.4. The number of rotatable bonds is 3. The predicted octanol–water partition coefficient (Wildman–Crippen LogP) is 2.21. The summed E-state index contributed by atoms with van der Waals surface area (Å²) in [4.78, 5) is 22.8. The lowest BCUT2D eigenvalue weighted by molar-refractivity contribution is -0.387. The van der Waals surface area contributed by atoms with Crippen LogP contribution < -0.4 is 9.64 Å². The minimum Gasteiger partial charge on any atom is -0.481 e. The van der Waals surface area contributed by atoms with Crippen LogP contribution in [0, 0.1) is 15.9 Å². The maximum Gasteiger partial charge on any atom is 0.307 e. The molecule has 1 aromatic rings. The number of hydrogen-bond acceptors (Lipinski definition) is 4. The molecule has 2 rings (SSSR count). The molecule has 6 nitrogen and oxygen atoms in total. The van der Waals surface area contributed by atoms with E-state index < -0.39 is 16.4 Å². The van der Waals surface area contributed by atoms with E-state index in [1.807, 2.05) is 0 Å². The van der Waals surface area contributed by atoms with Crippen LogP contribution in [0.2, 0.25) is 0 Å². The van der Waals surface area contributed by atoms with Crippen molar-refractivity contribution in [2.24, 2.45) is 0 Å². The lowest BCUT2D eigenvalue weighted by Gasteiger charge is -2.28. The van der Waals surface area contributed by atoms with Crippen molar-refractivity contribution in [1.29, 1.82) is 0 Å². The standard InChI is InChI=1S/C11H8ClFN2O4/c12-2-1-3-14-9-5-8(15(17)18)7(13)4-10(9)19-6-11(14)16/h1-2,4-5H,3,6H2/b2-1+. The van der Waals surface area contributed by atoms with Crippen molar-refractivity contribution in [1.82, 2.24) is 0 Å². The highest BCUT2D eigenvalue weighted by Crippen LogP contribution is 2.37. The van der Waals surface area contributed by atoms with E-state index in [1.165, 1.54) is 16.5 Å². The zero-order valence-electron chi connectivity index (χ0n) is 9.51. The number of ether oxygens (including phenoxy) is 1. The highest BCUT2D eigenvalue weighted by Gasteiger charge is 2.29. The summed E-state index contributed by atoms with van der Waals surface area (Å²) in [5.41, 5.74) is 0.663. The van der Waals surface area contributed by atoms with Crippen LogP contribution in [0.1, 0.15) is 0 Å². The molecular weight excluding hydrogens is 279 g/mol. The Labute approximate surface area is 112 Å². The number of carbonyl (C=O) groups is 1. The van der Waals surface area contributed by atoms with Gasteiger partial charge in [0.25, 0.3) is 5.91 Å². The molecule has 0 bridgehead atoms. The van der Waals surface area contributed by atoms with Gasteiger partial charge in [-0.1, -0.05) is 17.7 Å². The van der Waals surface area contributed by atoms with Crippen molar-refractivity contribution in [3.8, 4) is 5.75 Å². The molecule has 0 N–H and O–H groups in total. The van der Waals surface area contributed by atoms with Gasteiger partial charge in [0.1, 0.15) is 5.75 Å². The number of nitrogens with zero attached hydrogens (tertiary/aromatic N) is 2. The summed E-state index contributed by atoms with van der Waals surface area (Å²) in [6, 6.07) is 1.88. The molecule has 0 spiro atoms. The molecule has 0 saturated carbocycles. The monoisotopic (exact) mass is 286 g/mol. The summed E-state index contributed by atoms with van der Waals surface area (Å²) in [5, 5.41) is 10.7. The third kappa shape index (κ3) is 2.50. The fourth-order valence-electron chi connectivity index (χ4n) is 1.70. The van der Waals surface area contributed by atoms with Crippen LogP contribution in [-0.2, 0) is 4.79 Å². The minimum absolute atomic E-state index is 0.0886. The molecule has 1 amide bonds. The first-order valence-electron chi connectivity index (χ1n) is 5.21. The van der Waals surface area contributed by atoms with E-state index in [9.17, 15) is 19.3 Å². The topological polar surface area (TPSA) is 72.7 Å². The molecule has 0 atom stereocenters. The smallest absolute Gasteiger partial charge is 0.307 e. The zero-order valence-corrected chi connectivity index (χ0v) is 10.3. The van der Waals surface area contributed by atoms with Crippen LogP contribution in [-0.4, -0.2) is 24.0 Å². The lowest BCUT2D eigenvalue weighted by atomic mass is 10.2. The highest BCUT2D eigenvalue weighted by atomic mass is 35.5. The van der Waals surface area contributed by atoms with Crippen molar-refractivity contribution >= 4 is 28.9 Å². The van der Waals surface area contributed by atoms with Crippen LogP contribution in [0.5, 0.6) is 5.75 Å². The van der Waals surface area contributed by atoms with E-state index in [4.69, 9.17) is 16.3 Å². The summed E-state index contributed by atoms with van der Waals surface area (Å²) in [6.07, 6.45) is 1.49. The summed E-state index contributed by atoms with van der Waals surface area (Å²) in [7, 11) is 0. The molecule has 0 aliphatic carbocycles. The molecule has 0 saturated heterocycles. The van der Waals surface area contributed by atoms with Gasteiger partial charge >= 0.3 is 5.69 Å². The van der Waals surface area contributed by atoms with Crippen LogP contribution >= 0.6 is 11.6 Å². The second-order valence-corrected chi connectivity index (χ2v) is 3.94. The third-order valence-corrected chi connectivity index (χ3v) is 2.72. The number of anilines is 1. The second-order valence-electron chi connectivity index (χ2n) is 3.68. The summed E-state index contributed by atoms with van der Waals surface area (Å²) in [6.45, 7) is -0.123. The second kappa shape index (κ2) is 5.23. The van der Waals surface area contributed by atoms with E-state index in [-0.39, 0.29) is 30.5 Å². The van der Waals surface area contributed by atoms with E-state index in [2.05, 4.69) is 0 Å². The maximum atomic E-state index is 13.4. The number of hydrogen-bond donors (Lipinski definition) is 0. The number of benzene rings is 1. The number of halogens is 2. The number of nitro groups is 1. The van der Waals surface area contributed by atoms with E-state index in [1.54, 1.807) is 0 Å². The van der Waals surface area contributed by atoms with Gasteiger partial charge in [-0.15, -0.1) is 0 Å². The summed E-state index contributed by atoms with van der Waals surface area (Å²) >= 11 is 5.38. The Hall–Kier alpha value is -2.15. The molecule has 100 valence electrons. The first kappa shape index (κ1) is 13.3. The van der Waals surface area contributed by atoms with E-state index in [0.29, 0.717) is 0 Å². The lowest BCUT2D eigenvalue weighted by Crippen LogP contribution is -2.39. The van der Waals surface area contributed by atoms with Gasteiger partial charge in [-0.2, -0.15) is 4.39 Å². The van der Waals surface area contributed by atoms with Gasteiger partial charge in [0.05, 0.1) is 10.6 Å². The van der Waals surface area contributed by atoms with Gasteiger partial charge in [0.2, 0.25) is 5.82 Å². The molecular formula is C11H8ClFN2O4. The fraction of sp³-hybridized carbons (Fsp3) is 0.182. The largest absolute Gasteiger partial charge is 0.481 e. The maximum absolute atomic E-state index is 13.4. The van der Waals surface area contributed by atoms with Crippen LogP contribution in [0.15, 0.2) is 23.7 Å². The zero-order chi connectivity index (χ0) is 14.0. The van der Waals surface area contributed by atoms with Gasteiger partial charge in [-0.3, -0.25) is 14.9 Å². The molecule has 0 aromatic heterocycles. The van der Waals surface area contributed by atoms with Gasteiger partial charge in [-0.05, 0) is 0 Å². The molecule has 0 fully saturated rings. The molecule has 1 aromatic carbocycles. The Balaban J connectivity index is 2.50. The van der Waals surface area contributed by atoms with Crippen molar-refractivity contribution in [3.05, 3.63) is 39.7 Å². The summed E-state index contributed by atoms with van der Waals surface area (Å²) in [5.74, 6) is -1.31. The Morgan fingerprint density at radius 3 is 2.95 bits per heavy atom. The molecule has 19 heavy (non-hydrogen) atoms. The number of carbonyl (C=O) groups excluding carboxylic acids is 1. The van der Waals surface area contributed by atoms with E-state index in [0.717, 1.165) is 12.1 Å². The average Bonchev–Trinajstić information content (AvgIpc) is 2.37. The van der Waals surface area contributed by atoms with Crippen LogP contribution in [0.25, 0.3) is 0 Å². The van der Waals surface area contributed by atoms with Crippen molar-refractivity contribution in [3.63, 3.8) is 0 Å². The average molecular weight is 287 g/mol. The van der Waals surface area contributed by atoms with E-state index >= 15 is 0 Å². The first-order chi connectivity index (χ1) is 9.04. The Morgan fingerprint density at radius 2 is 2.32 bits per heavy atom. The first-order valence-corrected chi connectivity index (χ1v) is 5.64. The van der Waals surface area contributed by atoms with Gasteiger partial charge in [-0.25, -0.2) is 0 Å². The predicted molar refractivity (Wildman–Crippen MR) is 65.9 cm³/mol. The highest BCUT2D eigenvalue weighted by molar-refractivity contribution is 6.25. The number of fused-ring (bicyclic) bond motifs is 1. The minimum atomic E-state index is -1.01. The Morgan fingerprint density at radius 1 is 1.58 bits per heavy atom. The third-order valence-electron chi connectivity index (χ3n) is 2.55. The van der Waals surface area contributed by atoms with Crippen LogP contribution in [0.4, 0.5) is 15.8 Å². The molecule has 8 heteroatoms. The fourth-order valence-corrected chi connectivity index (χ4v) is 1.78. The summed E-state index contributed by atoms with van der Waals surface area (Å²) < 4.78 is 18.5. The van der Waals surface area contributed by atoms with Gasteiger partial charge in [0.15, 0.2) is 6.61 Å². The van der Waals surface area contributed by atoms with Gasteiger partial charge in [0, 0.05) is 24.2 Å². The quantitative estimate of drug-likeness (QED) is 0.631. The molecule has 1 aliphatic rings. The number of nitro benzene ring substituents is 1. The SMILES string of the molecule is O=C1COc2cc(F)c([N+](=O)[O-])cc2N1C/C=C/Cl. The Kier molecular flexibility index (Phi) is 3.66. The van der Waals surface area contributed by atoms with Gasteiger partial charge < -0.3 is 9.64 Å². The molecule has 0 unspecified atom stereocenters. The van der Waals surface area contributed by atoms with Crippen molar-refractivity contribution in [2.45, 2.75) is 0 Å². The molecule has 0 radical (unpaired) electrons. The molecule has 1 aliphatic heterocycles.